The molecule has 0 atom stereocenters. The van der Waals surface area contributed by atoms with Crippen molar-refractivity contribution in [1.82, 2.24) is 15.0 Å². The third-order valence-corrected chi connectivity index (χ3v) is 3.28. The zero-order valence-corrected chi connectivity index (χ0v) is 11.1. The maximum Gasteiger partial charge on any atom is 0.180 e. The molecule has 19 heavy (non-hydrogen) atoms. The monoisotopic (exact) mass is 256 g/mol. The second-order valence-electron chi connectivity index (χ2n) is 4.84. The van der Waals surface area contributed by atoms with Crippen molar-refractivity contribution >= 4 is 5.82 Å². The summed E-state index contributed by atoms with van der Waals surface area (Å²) in [5, 5.41) is 0. The minimum absolute atomic E-state index is 0.501. The Kier molecular flexibility index (Phi) is 2.91. The number of hydrogen-bond donors (Lipinski definition) is 1. The Morgan fingerprint density at radius 1 is 1.26 bits per heavy atom. The largest absolute Gasteiger partial charge is 0.383 e. The molecule has 1 aliphatic heterocycles. The van der Waals surface area contributed by atoms with E-state index in [9.17, 15) is 0 Å². The molecule has 3 rings (SSSR count). The molecule has 5 heteroatoms. The summed E-state index contributed by atoms with van der Waals surface area (Å²) in [4.78, 5) is 13.4. The number of rotatable bonds is 1. The Morgan fingerprint density at radius 3 is 2.89 bits per heavy atom. The van der Waals surface area contributed by atoms with Gasteiger partial charge in [-0.15, -0.1) is 0 Å². The van der Waals surface area contributed by atoms with Crippen LogP contribution in [0.25, 0.3) is 11.5 Å². The molecule has 5 nitrogen and oxygen atoms in total. The molecule has 2 N–H and O–H groups in total. The van der Waals surface area contributed by atoms with Gasteiger partial charge in [0.2, 0.25) is 0 Å². The van der Waals surface area contributed by atoms with Gasteiger partial charge >= 0.3 is 0 Å². The minimum atomic E-state index is 0.501. The first-order chi connectivity index (χ1) is 9.15. The lowest BCUT2D eigenvalue weighted by molar-refractivity contribution is 0.109. The molecule has 0 unspecified atom stereocenters. The van der Waals surface area contributed by atoms with Gasteiger partial charge in [0.05, 0.1) is 18.9 Å². The van der Waals surface area contributed by atoms with Gasteiger partial charge in [0.1, 0.15) is 11.5 Å². The summed E-state index contributed by atoms with van der Waals surface area (Å²) in [6.07, 6.45) is 2.60. The highest BCUT2D eigenvalue weighted by molar-refractivity contribution is 5.58. The molecule has 2 aromatic rings. The standard InChI is InChI=1S/C14H16N4O/c1-8-5-9(2)12(16-6-8)14-17-11-3-4-19-7-10(11)13(15)18-14/h5-6H,3-4,7H2,1-2H3,(H2,15,17,18). The van der Waals surface area contributed by atoms with Crippen molar-refractivity contribution in [3.63, 3.8) is 0 Å². The first kappa shape index (κ1) is 12.0. The number of pyridine rings is 1. The van der Waals surface area contributed by atoms with Crippen molar-refractivity contribution < 1.29 is 4.74 Å². The molecular formula is C14H16N4O. The highest BCUT2D eigenvalue weighted by Crippen LogP contribution is 2.25. The Balaban J connectivity index is 2.13. The van der Waals surface area contributed by atoms with Crippen LogP contribution in [0.1, 0.15) is 22.4 Å². The average molecular weight is 256 g/mol. The maximum atomic E-state index is 6.00. The van der Waals surface area contributed by atoms with Crippen molar-refractivity contribution in [2.45, 2.75) is 26.9 Å². The average Bonchev–Trinajstić information content (AvgIpc) is 2.38. The van der Waals surface area contributed by atoms with Gasteiger partial charge in [-0.05, 0) is 25.0 Å². The molecule has 0 saturated carbocycles. The Bertz CT molecular complexity index is 640. The van der Waals surface area contributed by atoms with Crippen LogP contribution >= 0.6 is 0 Å². The topological polar surface area (TPSA) is 73.9 Å². The van der Waals surface area contributed by atoms with Crippen molar-refractivity contribution in [3.05, 3.63) is 34.6 Å². The van der Waals surface area contributed by atoms with Gasteiger partial charge in [-0.25, -0.2) is 9.97 Å². The molecule has 0 radical (unpaired) electrons. The van der Waals surface area contributed by atoms with Gasteiger partial charge in [-0.1, -0.05) is 6.07 Å². The van der Waals surface area contributed by atoms with Gasteiger partial charge in [0, 0.05) is 18.2 Å². The number of ether oxygens (including phenoxy) is 1. The van der Waals surface area contributed by atoms with Gasteiger partial charge in [-0.3, -0.25) is 4.98 Å². The quantitative estimate of drug-likeness (QED) is 0.842. The lowest BCUT2D eigenvalue weighted by Gasteiger charge is -2.17. The highest BCUT2D eigenvalue weighted by atomic mass is 16.5. The zero-order valence-electron chi connectivity index (χ0n) is 11.1. The van der Waals surface area contributed by atoms with Crippen LogP contribution in [0.3, 0.4) is 0 Å². The number of nitrogens with two attached hydrogens (primary N) is 1. The maximum absolute atomic E-state index is 6.00. The Labute approximate surface area is 111 Å². The van der Waals surface area contributed by atoms with Crippen LogP contribution in [0.5, 0.6) is 0 Å². The molecule has 0 amide bonds. The fraction of sp³-hybridized carbons (Fsp3) is 0.357. The number of aryl methyl sites for hydroxylation is 2. The molecule has 2 aromatic heterocycles. The van der Waals surface area contributed by atoms with Gasteiger partial charge in [-0.2, -0.15) is 0 Å². The normalized spacial score (nSPS) is 14.2. The van der Waals surface area contributed by atoms with E-state index in [-0.39, 0.29) is 0 Å². The molecular weight excluding hydrogens is 240 g/mol. The van der Waals surface area contributed by atoms with E-state index in [0.717, 1.165) is 34.5 Å². The van der Waals surface area contributed by atoms with Crippen LogP contribution in [0, 0.1) is 13.8 Å². The number of fused-ring (bicyclic) bond motifs is 1. The number of hydrogen-bond acceptors (Lipinski definition) is 5. The van der Waals surface area contributed by atoms with E-state index >= 15 is 0 Å². The minimum Gasteiger partial charge on any atom is -0.383 e. The van der Waals surface area contributed by atoms with Gasteiger partial charge in [0.15, 0.2) is 5.82 Å². The first-order valence-corrected chi connectivity index (χ1v) is 6.32. The van der Waals surface area contributed by atoms with E-state index in [0.29, 0.717) is 24.9 Å². The van der Waals surface area contributed by atoms with E-state index in [1.165, 1.54) is 0 Å². The first-order valence-electron chi connectivity index (χ1n) is 6.32. The van der Waals surface area contributed by atoms with E-state index in [1.54, 1.807) is 0 Å². The second-order valence-corrected chi connectivity index (χ2v) is 4.84. The lowest BCUT2D eigenvalue weighted by Crippen LogP contribution is -2.16. The number of nitrogen functional groups attached to an aromatic ring is 1. The van der Waals surface area contributed by atoms with Gasteiger partial charge in [0.25, 0.3) is 0 Å². The smallest absolute Gasteiger partial charge is 0.180 e. The molecule has 0 bridgehead atoms. The summed E-state index contributed by atoms with van der Waals surface area (Å²) in [5.41, 5.74) is 10.9. The number of nitrogens with zero attached hydrogens (tertiary/aromatic N) is 3. The third kappa shape index (κ3) is 2.17. The molecule has 0 aliphatic carbocycles. The van der Waals surface area contributed by atoms with Crippen LogP contribution in [0.15, 0.2) is 12.3 Å². The van der Waals surface area contributed by atoms with Crippen LogP contribution in [0.4, 0.5) is 5.82 Å². The fourth-order valence-electron chi connectivity index (χ4n) is 2.31. The van der Waals surface area contributed by atoms with Gasteiger partial charge < -0.3 is 10.5 Å². The molecule has 1 aliphatic rings. The van der Waals surface area contributed by atoms with E-state index < -0.39 is 0 Å². The summed E-state index contributed by atoms with van der Waals surface area (Å²) in [7, 11) is 0. The number of aromatic nitrogens is 3. The SMILES string of the molecule is Cc1cnc(-c2nc(N)c3c(n2)CCOC3)c(C)c1. The summed E-state index contributed by atoms with van der Waals surface area (Å²) in [6.45, 7) is 5.21. The molecule has 0 aromatic carbocycles. The van der Waals surface area contributed by atoms with Crippen LogP contribution in [-0.4, -0.2) is 21.6 Å². The molecule has 98 valence electrons. The fourth-order valence-corrected chi connectivity index (χ4v) is 2.31. The van der Waals surface area contributed by atoms with Crippen LogP contribution < -0.4 is 5.73 Å². The predicted octanol–water partition coefficient (Wildman–Crippen LogP) is 1.81. The van der Waals surface area contributed by atoms with Crippen molar-refractivity contribution in [2.75, 3.05) is 12.3 Å². The van der Waals surface area contributed by atoms with E-state index in [1.807, 2.05) is 20.0 Å². The molecule has 0 fully saturated rings. The lowest BCUT2D eigenvalue weighted by atomic mass is 10.1. The van der Waals surface area contributed by atoms with Crippen LogP contribution in [-0.2, 0) is 17.8 Å². The Hall–Kier alpha value is -2.01. The third-order valence-electron chi connectivity index (χ3n) is 3.28. The van der Waals surface area contributed by atoms with Crippen LogP contribution in [0.2, 0.25) is 0 Å². The van der Waals surface area contributed by atoms with Crippen molar-refractivity contribution in [1.29, 1.82) is 0 Å². The van der Waals surface area contributed by atoms with Crippen molar-refractivity contribution in [2.24, 2.45) is 0 Å². The number of anilines is 1. The second kappa shape index (κ2) is 4.59. The zero-order chi connectivity index (χ0) is 13.4. The Morgan fingerprint density at radius 2 is 2.11 bits per heavy atom. The summed E-state index contributed by atoms with van der Waals surface area (Å²) in [5.74, 6) is 1.11. The highest BCUT2D eigenvalue weighted by Gasteiger charge is 2.18. The van der Waals surface area contributed by atoms with E-state index in [4.69, 9.17) is 10.5 Å². The molecule has 0 spiro atoms. The summed E-state index contributed by atoms with van der Waals surface area (Å²) in [6, 6.07) is 2.07. The summed E-state index contributed by atoms with van der Waals surface area (Å²) < 4.78 is 5.39. The predicted molar refractivity (Wildman–Crippen MR) is 72.5 cm³/mol. The molecule has 3 heterocycles. The molecule has 0 saturated heterocycles. The van der Waals surface area contributed by atoms with Crippen molar-refractivity contribution in [3.8, 4) is 11.5 Å². The van der Waals surface area contributed by atoms with E-state index in [2.05, 4.69) is 21.0 Å². The summed E-state index contributed by atoms with van der Waals surface area (Å²) >= 11 is 0.